The Morgan fingerprint density at radius 1 is 1.13 bits per heavy atom. The van der Waals surface area contributed by atoms with E-state index in [9.17, 15) is 0 Å². The summed E-state index contributed by atoms with van der Waals surface area (Å²) in [5.41, 5.74) is 5.17. The Labute approximate surface area is 137 Å². The largest absolute Gasteiger partial charge is 0.378 e. The van der Waals surface area contributed by atoms with Gasteiger partial charge < -0.3 is 4.74 Å². The molecule has 2 bridgehead atoms. The highest BCUT2D eigenvalue weighted by atomic mass is 16.5. The van der Waals surface area contributed by atoms with Gasteiger partial charge in [0.25, 0.3) is 0 Å². The average molecular weight is 306 g/mol. The Morgan fingerprint density at radius 3 is 2.78 bits per heavy atom. The zero-order valence-corrected chi connectivity index (χ0v) is 13.5. The fraction of sp³-hybridized carbons (Fsp3) is 0.350. The van der Waals surface area contributed by atoms with Crippen LogP contribution >= 0.6 is 0 Å². The first-order chi connectivity index (χ1) is 11.3. The lowest BCUT2D eigenvalue weighted by Gasteiger charge is -2.44. The maximum Gasteiger partial charge on any atom is 0.0688 e. The van der Waals surface area contributed by atoms with Crippen molar-refractivity contribution in [2.24, 2.45) is 0 Å². The molecule has 1 fully saturated rings. The summed E-state index contributed by atoms with van der Waals surface area (Å²) >= 11 is 0. The summed E-state index contributed by atoms with van der Waals surface area (Å²) in [6.45, 7) is 4.72. The molecule has 3 heterocycles. The highest BCUT2D eigenvalue weighted by Crippen LogP contribution is 2.33. The van der Waals surface area contributed by atoms with Gasteiger partial charge in [0.2, 0.25) is 0 Å². The second-order valence-corrected chi connectivity index (χ2v) is 6.48. The molecule has 1 saturated heterocycles. The lowest BCUT2D eigenvalue weighted by molar-refractivity contribution is -0.0403. The second-order valence-electron chi connectivity index (χ2n) is 6.48. The van der Waals surface area contributed by atoms with Gasteiger partial charge >= 0.3 is 0 Å². The van der Waals surface area contributed by atoms with Gasteiger partial charge in [-0.1, -0.05) is 42.5 Å². The Kier molecular flexibility index (Phi) is 3.98. The zero-order valence-electron chi connectivity index (χ0n) is 13.5. The van der Waals surface area contributed by atoms with Crippen LogP contribution in [-0.4, -0.2) is 35.2 Å². The van der Waals surface area contributed by atoms with Gasteiger partial charge in [-0.25, -0.2) is 0 Å². The fourth-order valence-electron chi connectivity index (χ4n) is 3.70. The van der Waals surface area contributed by atoms with Gasteiger partial charge in [0, 0.05) is 18.8 Å². The van der Waals surface area contributed by atoms with E-state index in [0.717, 1.165) is 31.9 Å². The third-order valence-electron chi connectivity index (χ3n) is 4.86. The molecule has 0 N–H and O–H groups in total. The van der Waals surface area contributed by atoms with E-state index in [1.165, 1.54) is 16.7 Å². The smallest absolute Gasteiger partial charge is 0.0688 e. The van der Waals surface area contributed by atoms with E-state index in [1.54, 1.807) is 0 Å². The molecule has 4 rings (SSSR count). The Hall–Kier alpha value is -1.97. The lowest BCUT2D eigenvalue weighted by atomic mass is 9.90. The fourth-order valence-corrected chi connectivity index (χ4v) is 3.70. The maximum atomic E-state index is 5.81. The highest BCUT2D eigenvalue weighted by Gasteiger charge is 2.35. The molecule has 2 unspecified atom stereocenters. The molecule has 3 nitrogen and oxygen atoms in total. The second kappa shape index (κ2) is 6.26. The Balaban J connectivity index is 1.62. The Morgan fingerprint density at radius 2 is 2.00 bits per heavy atom. The molecule has 0 amide bonds. The average Bonchev–Trinajstić information content (AvgIpc) is 2.56. The predicted molar refractivity (Wildman–Crippen MR) is 91.9 cm³/mol. The molecule has 0 saturated carbocycles. The van der Waals surface area contributed by atoms with E-state index < -0.39 is 0 Å². The van der Waals surface area contributed by atoms with Gasteiger partial charge in [-0.05, 0) is 36.1 Å². The number of aromatic nitrogens is 1. The van der Waals surface area contributed by atoms with Crippen molar-refractivity contribution >= 4 is 5.57 Å². The maximum absolute atomic E-state index is 5.81. The molecule has 2 aliphatic rings. The van der Waals surface area contributed by atoms with Gasteiger partial charge in [-0.15, -0.1) is 0 Å². The molecular formula is C20H22N2O. The lowest BCUT2D eigenvalue weighted by Crippen LogP contribution is -2.53. The topological polar surface area (TPSA) is 25.4 Å². The summed E-state index contributed by atoms with van der Waals surface area (Å²) in [7, 11) is 0. The summed E-state index contributed by atoms with van der Waals surface area (Å²) in [6, 6.07) is 15.7. The molecule has 2 atom stereocenters. The number of morpholine rings is 1. The third-order valence-corrected chi connectivity index (χ3v) is 4.86. The number of rotatable bonds is 3. The molecule has 1 aromatic heterocycles. The molecular weight excluding hydrogens is 284 g/mol. The third kappa shape index (κ3) is 2.94. The van der Waals surface area contributed by atoms with Crippen molar-refractivity contribution in [2.75, 3.05) is 13.2 Å². The van der Waals surface area contributed by atoms with E-state index in [0.29, 0.717) is 12.1 Å². The van der Waals surface area contributed by atoms with Gasteiger partial charge in [0.05, 0.1) is 24.9 Å². The van der Waals surface area contributed by atoms with Crippen LogP contribution in [0.5, 0.6) is 0 Å². The SMILES string of the molecule is Cc1cccnc1C1=CC2COCC(C1)N2Cc1ccccc1. The van der Waals surface area contributed by atoms with Crippen molar-refractivity contribution in [2.45, 2.75) is 32.0 Å². The summed E-state index contributed by atoms with van der Waals surface area (Å²) in [5.74, 6) is 0. The Bertz CT molecular complexity index is 711. The number of hydrogen-bond donors (Lipinski definition) is 0. The van der Waals surface area contributed by atoms with Crippen LogP contribution in [0.1, 0.15) is 23.2 Å². The molecule has 2 aliphatic heterocycles. The van der Waals surface area contributed by atoms with Crippen molar-refractivity contribution in [1.29, 1.82) is 0 Å². The van der Waals surface area contributed by atoms with Crippen LogP contribution in [-0.2, 0) is 11.3 Å². The summed E-state index contributed by atoms with van der Waals surface area (Å²) in [6.07, 6.45) is 5.28. The van der Waals surface area contributed by atoms with Crippen molar-refractivity contribution in [3.63, 3.8) is 0 Å². The standard InChI is InChI=1S/C20H22N2O/c1-15-6-5-9-21-20(15)17-10-18-13-23-14-19(11-17)22(18)12-16-7-3-2-4-8-16/h2-10,18-19H,11-14H2,1H3. The minimum atomic E-state index is 0.346. The van der Waals surface area contributed by atoms with E-state index >= 15 is 0 Å². The first-order valence-electron chi connectivity index (χ1n) is 8.31. The van der Waals surface area contributed by atoms with Crippen LogP contribution in [0.25, 0.3) is 5.57 Å². The summed E-state index contributed by atoms with van der Waals surface area (Å²) in [5, 5.41) is 0. The van der Waals surface area contributed by atoms with Gasteiger partial charge in [-0.2, -0.15) is 0 Å². The highest BCUT2D eigenvalue weighted by molar-refractivity contribution is 5.67. The van der Waals surface area contributed by atoms with E-state index in [-0.39, 0.29) is 0 Å². The molecule has 118 valence electrons. The first-order valence-corrected chi connectivity index (χ1v) is 8.31. The summed E-state index contributed by atoms with van der Waals surface area (Å²) in [4.78, 5) is 7.19. The molecule has 3 heteroatoms. The van der Waals surface area contributed by atoms with Gasteiger partial charge in [0.1, 0.15) is 0 Å². The molecule has 2 aromatic rings. The van der Waals surface area contributed by atoms with Gasteiger partial charge in [-0.3, -0.25) is 9.88 Å². The van der Waals surface area contributed by atoms with Crippen molar-refractivity contribution in [3.05, 3.63) is 71.6 Å². The molecule has 0 aliphatic carbocycles. The molecule has 1 aromatic carbocycles. The zero-order chi connectivity index (χ0) is 15.6. The minimum Gasteiger partial charge on any atom is -0.378 e. The van der Waals surface area contributed by atoms with E-state index in [4.69, 9.17) is 4.74 Å². The van der Waals surface area contributed by atoms with E-state index in [2.05, 4.69) is 59.3 Å². The van der Waals surface area contributed by atoms with Crippen LogP contribution in [0.4, 0.5) is 0 Å². The van der Waals surface area contributed by atoms with Crippen LogP contribution < -0.4 is 0 Å². The van der Waals surface area contributed by atoms with Crippen molar-refractivity contribution in [3.8, 4) is 0 Å². The number of aryl methyl sites for hydroxylation is 1. The van der Waals surface area contributed by atoms with Crippen LogP contribution in [0.2, 0.25) is 0 Å². The van der Waals surface area contributed by atoms with Crippen molar-refractivity contribution < 1.29 is 4.74 Å². The predicted octanol–water partition coefficient (Wildman–Crippen LogP) is 3.45. The first kappa shape index (κ1) is 14.6. The molecule has 0 spiro atoms. The number of pyridine rings is 1. The van der Waals surface area contributed by atoms with Crippen LogP contribution in [0, 0.1) is 6.92 Å². The number of hydrogen-bond acceptors (Lipinski definition) is 3. The minimum absolute atomic E-state index is 0.346. The molecule has 0 radical (unpaired) electrons. The number of ether oxygens (including phenoxy) is 1. The van der Waals surface area contributed by atoms with E-state index in [1.807, 2.05) is 12.3 Å². The van der Waals surface area contributed by atoms with Crippen LogP contribution in [0.3, 0.4) is 0 Å². The quantitative estimate of drug-likeness (QED) is 0.868. The monoisotopic (exact) mass is 306 g/mol. The number of nitrogens with zero attached hydrogens (tertiary/aromatic N) is 2. The normalized spacial score (nSPS) is 24.3. The van der Waals surface area contributed by atoms with Crippen LogP contribution in [0.15, 0.2) is 54.7 Å². The number of fused-ring (bicyclic) bond motifs is 2. The summed E-state index contributed by atoms with van der Waals surface area (Å²) < 4.78 is 5.81. The van der Waals surface area contributed by atoms with Gasteiger partial charge in [0.15, 0.2) is 0 Å². The molecule has 23 heavy (non-hydrogen) atoms. The number of benzene rings is 1. The van der Waals surface area contributed by atoms with Crippen molar-refractivity contribution in [1.82, 2.24) is 9.88 Å².